The molecule has 1 N–H and O–H groups in total. The molecule has 0 spiro atoms. The van der Waals surface area contributed by atoms with Gasteiger partial charge in [-0.2, -0.15) is 0 Å². The van der Waals surface area contributed by atoms with E-state index in [1.54, 1.807) is 48.8 Å². The van der Waals surface area contributed by atoms with Crippen molar-refractivity contribution in [1.82, 2.24) is 4.98 Å². The van der Waals surface area contributed by atoms with Crippen molar-refractivity contribution in [2.24, 2.45) is 0 Å². The van der Waals surface area contributed by atoms with E-state index < -0.39 is 0 Å². The van der Waals surface area contributed by atoms with E-state index in [0.29, 0.717) is 35.3 Å². The Morgan fingerprint density at radius 3 is 2.25 bits per heavy atom. The standard InChI is InChI=1S/C26H22N2O4/c29-26(28-21-9-6-10-23(17-21)32-22-13-15-27-16-14-22)19-31-25-12-5-4-11-24(25)30-18-20-7-2-1-3-8-20/h1-17H,18-19H2,(H,28,29). The van der Waals surface area contributed by atoms with Crippen LogP contribution in [0.25, 0.3) is 0 Å². The summed E-state index contributed by atoms with van der Waals surface area (Å²) in [5.41, 5.74) is 1.66. The van der Waals surface area contributed by atoms with Crippen LogP contribution in [-0.4, -0.2) is 17.5 Å². The number of carbonyl (C=O) groups excluding carboxylic acids is 1. The first-order valence-corrected chi connectivity index (χ1v) is 10.1. The Hall–Kier alpha value is -4.32. The minimum atomic E-state index is -0.288. The van der Waals surface area contributed by atoms with Crippen LogP contribution in [0, 0.1) is 0 Å². The van der Waals surface area contributed by atoms with E-state index >= 15 is 0 Å². The summed E-state index contributed by atoms with van der Waals surface area (Å²) in [5.74, 6) is 2.07. The van der Waals surface area contributed by atoms with E-state index in [4.69, 9.17) is 14.2 Å². The summed E-state index contributed by atoms with van der Waals surface area (Å²) in [6.07, 6.45) is 3.30. The quantitative estimate of drug-likeness (QED) is 0.384. The average molecular weight is 426 g/mol. The van der Waals surface area contributed by atoms with Gasteiger partial charge in [0, 0.05) is 24.1 Å². The highest BCUT2D eigenvalue weighted by atomic mass is 16.5. The summed E-state index contributed by atoms with van der Waals surface area (Å²) in [4.78, 5) is 16.4. The molecular formula is C26H22N2O4. The van der Waals surface area contributed by atoms with E-state index in [0.717, 1.165) is 5.56 Å². The number of pyridine rings is 1. The molecule has 0 radical (unpaired) electrons. The van der Waals surface area contributed by atoms with Gasteiger partial charge >= 0.3 is 0 Å². The Labute approximate surface area is 186 Å². The van der Waals surface area contributed by atoms with E-state index in [1.165, 1.54) is 0 Å². The van der Waals surface area contributed by atoms with Gasteiger partial charge in [0.1, 0.15) is 18.1 Å². The van der Waals surface area contributed by atoms with Crippen molar-refractivity contribution >= 4 is 11.6 Å². The summed E-state index contributed by atoms with van der Waals surface area (Å²) in [6.45, 7) is 0.263. The van der Waals surface area contributed by atoms with Crippen LogP contribution in [0.3, 0.4) is 0 Å². The lowest BCUT2D eigenvalue weighted by Crippen LogP contribution is -2.20. The molecule has 6 nitrogen and oxygen atoms in total. The number of para-hydroxylation sites is 2. The number of aromatic nitrogens is 1. The molecule has 0 atom stereocenters. The normalized spacial score (nSPS) is 10.2. The molecule has 4 rings (SSSR count). The highest BCUT2D eigenvalue weighted by molar-refractivity contribution is 5.92. The molecule has 0 aliphatic carbocycles. The number of benzene rings is 3. The van der Waals surface area contributed by atoms with Crippen molar-refractivity contribution in [3.63, 3.8) is 0 Å². The summed E-state index contributed by atoms with van der Waals surface area (Å²) in [7, 11) is 0. The van der Waals surface area contributed by atoms with Gasteiger partial charge in [0.2, 0.25) is 0 Å². The van der Waals surface area contributed by atoms with E-state index in [-0.39, 0.29) is 12.5 Å². The van der Waals surface area contributed by atoms with Gasteiger partial charge in [0.15, 0.2) is 18.1 Å². The molecule has 0 bridgehead atoms. The lowest BCUT2D eigenvalue weighted by atomic mass is 10.2. The molecule has 1 heterocycles. The fraction of sp³-hybridized carbons (Fsp3) is 0.0769. The van der Waals surface area contributed by atoms with Gasteiger partial charge < -0.3 is 19.5 Å². The molecule has 4 aromatic rings. The molecule has 3 aromatic carbocycles. The smallest absolute Gasteiger partial charge is 0.262 e. The van der Waals surface area contributed by atoms with Crippen LogP contribution in [0.5, 0.6) is 23.0 Å². The minimum absolute atomic E-state index is 0.152. The summed E-state index contributed by atoms with van der Waals surface area (Å²) < 4.78 is 17.3. The topological polar surface area (TPSA) is 69.7 Å². The lowest BCUT2D eigenvalue weighted by molar-refractivity contribution is -0.118. The fourth-order valence-electron chi connectivity index (χ4n) is 2.94. The Morgan fingerprint density at radius 1 is 0.750 bits per heavy atom. The number of hydrogen-bond acceptors (Lipinski definition) is 5. The molecule has 160 valence electrons. The number of amides is 1. The zero-order valence-corrected chi connectivity index (χ0v) is 17.3. The first-order chi connectivity index (χ1) is 15.8. The second-order valence-corrected chi connectivity index (χ2v) is 6.87. The van der Waals surface area contributed by atoms with Gasteiger partial charge in [-0.1, -0.05) is 48.5 Å². The van der Waals surface area contributed by atoms with E-state index in [1.807, 2.05) is 54.6 Å². The first kappa shape index (κ1) is 20.9. The van der Waals surface area contributed by atoms with Crippen molar-refractivity contribution in [2.45, 2.75) is 6.61 Å². The first-order valence-electron chi connectivity index (χ1n) is 10.1. The minimum Gasteiger partial charge on any atom is -0.485 e. The zero-order chi connectivity index (χ0) is 22.0. The van der Waals surface area contributed by atoms with E-state index in [2.05, 4.69) is 10.3 Å². The van der Waals surface area contributed by atoms with Crippen LogP contribution in [0.2, 0.25) is 0 Å². The third kappa shape index (κ3) is 6.09. The third-order valence-electron chi connectivity index (χ3n) is 4.45. The highest BCUT2D eigenvalue weighted by Gasteiger charge is 2.09. The second kappa shape index (κ2) is 10.6. The van der Waals surface area contributed by atoms with Crippen LogP contribution in [0.1, 0.15) is 5.56 Å². The number of carbonyl (C=O) groups is 1. The van der Waals surface area contributed by atoms with E-state index in [9.17, 15) is 4.79 Å². The lowest BCUT2D eigenvalue weighted by Gasteiger charge is -2.13. The molecule has 32 heavy (non-hydrogen) atoms. The molecule has 0 saturated heterocycles. The van der Waals surface area contributed by atoms with Crippen molar-refractivity contribution in [2.75, 3.05) is 11.9 Å². The number of ether oxygens (including phenoxy) is 3. The van der Waals surface area contributed by atoms with Crippen molar-refractivity contribution in [1.29, 1.82) is 0 Å². The monoisotopic (exact) mass is 426 g/mol. The Kier molecular flexibility index (Phi) is 6.95. The summed E-state index contributed by atoms with van der Waals surface area (Å²) in [6, 6.07) is 27.8. The van der Waals surface area contributed by atoms with Gasteiger partial charge in [0.25, 0.3) is 5.91 Å². The molecule has 0 unspecified atom stereocenters. The largest absolute Gasteiger partial charge is 0.485 e. The molecular weight excluding hydrogens is 404 g/mol. The highest BCUT2D eigenvalue weighted by Crippen LogP contribution is 2.27. The Bertz CT molecular complexity index is 1150. The summed E-state index contributed by atoms with van der Waals surface area (Å²) >= 11 is 0. The van der Waals surface area contributed by atoms with Crippen LogP contribution < -0.4 is 19.5 Å². The van der Waals surface area contributed by atoms with Gasteiger partial charge in [-0.05, 0) is 42.0 Å². The van der Waals surface area contributed by atoms with Crippen LogP contribution >= 0.6 is 0 Å². The van der Waals surface area contributed by atoms with Crippen molar-refractivity contribution < 1.29 is 19.0 Å². The van der Waals surface area contributed by atoms with Gasteiger partial charge in [-0.25, -0.2) is 0 Å². The van der Waals surface area contributed by atoms with Crippen molar-refractivity contribution in [3.05, 3.63) is 109 Å². The number of nitrogens with zero attached hydrogens (tertiary/aromatic N) is 1. The zero-order valence-electron chi connectivity index (χ0n) is 17.3. The summed E-state index contributed by atoms with van der Waals surface area (Å²) in [5, 5.41) is 2.82. The van der Waals surface area contributed by atoms with Crippen molar-refractivity contribution in [3.8, 4) is 23.0 Å². The predicted octanol–water partition coefficient (Wildman–Crippen LogP) is 5.47. The van der Waals surface area contributed by atoms with Crippen LogP contribution in [0.4, 0.5) is 5.69 Å². The molecule has 1 amide bonds. The number of rotatable bonds is 9. The average Bonchev–Trinajstić information content (AvgIpc) is 2.83. The number of hydrogen-bond donors (Lipinski definition) is 1. The maximum Gasteiger partial charge on any atom is 0.262 e. The van der Waals surface area contributed by atoms with Crippen LogP contribution in [0.15, 0.2) is 103 Å². The fourth-order valence-corrected chi connectivity index (χ4v) is 2.94. The molecule has 0 aliphatic rings. The molecule has 0 fully saturated rings. The Balaban J connectivity index is 1.32. The van der Waals surface area contributed by atoms with Gasteiger partial charge in [-0.15, -0.1) is 0 Å². The molecule has 0 aliphatic heterocycles. The third-order valence-corrected chi connectivity index (χ3v) is 4.45. The maximum atomic E-state index is 12.4. The Morgan fingerprint density at radius 2 is 1.47 bits per heavy atom. The molecule has 1 aromatic heterocycles. The van der Waals surface area contributed by atoms with Gasteiger partial charge in [-0.3, -0.25) is 9.78 Å². The predicted molar refractivity (Wildman–Crippen MR) is 122 cm³/mol. The van der Waals surface area contributed by atoms with Crippen LogP contribution in [-0.2, 0) is 11.4 Å². The second-order valence-electron chi connectivity index (χ2n) is 6.87. The maximum absolute atomic E-state index is 12.4. The number of nitrogens with one attached hydrogen (secondary N) is 1. The molecule has 0 saturated carbocycles. The van der Waals surface area contributed by atoms with Gasteiger partial charge in [0.05, 0.1) is 0 Å². The number of anilines is 1. The SMILES string of the molecule is O=C(COc1ccccc1OCc1ccccc1)Nc1cccc(Oc2ccncc2)c1. The molecule has 6 heteroatoms.